The molecule has 0 amide bonds. The van der Waals surface area contributed by atoms with Gasteiger partial charge in [0.15, 0.2) is 0 Å². The number of halogens is 1. The predicted molar refractivity (Wildman–Crippen MR) is 67.5 cm³/mol. The topological polar surface area (TPSA) is 75.4 Å². The lowest BCUT2D eigenvalue weighted by Crippen LogP contribution is -2.32. The summed E-state index contributed by atoms with van der Waals surface area (Å²) in [5, 5.41) is 23.2. The van der Waals surface area contributed by atoms with Gasteiger partial charge in [0.1, 0.15) is 5.69 Å². The van der Waals surface area contributed by atoms with Crippen molar-refractivity contribution in [1.29, 1.82) is 0 Å². The first kappa shape index (κ1) is 13.7. The minimum Gasteiger partial charge on any atom is -0.396 e. The van der Waals surface area contributed by atoms with Crippen molar-refractivity contribution < 1.29 is 10.0 Å². The van der Waals surface area contributed by atoms with Crippen LogP contribution in [0.5, 0.6) is 0 Å². The van der Waals surface area contributed by atoms with E-state index >= 15 is 0 Å². The molecule has 0 aliphatic rings. The summed E-state index contributed by atoms with van der Waals surface area (Å²) in [6.45, 7) is 3.72. The third-order valence-corrected chi connectivity index (χ3v) is 2.60. The number of aliphatic hydroxyl groups is 1. The molecule has 1 aromatic carbocycles. The van der Waals surface area contributed by atoms with Crippen LogP contribution in [-0.2, 0) is 0 Å². The molecule has 17 heavy (non-hydrogen) atoms. The molecule has 5 nitrogen and oxygen atoms in total. The number of anilines is 1. The van der Waals surface area contributed by atoms with Gasteiger partial charge in [0, 0.05) is 23.2 Å². The SMILES string of the molecule is CC(C)(CCO)Nc1cc(Cl)ccc1[N+](=O)[O-]. The number of nitro benzene ring substituents is 1. The molecule has 0 spiro atoms. The molecule has 94 valence electrons. The zero-order chi connectivity index (χ0) is 13.1. The summed E-state index contributed by atoms with van der Waals surface area (Å²) in [6.07, 6.45) is 0.483. The number of aliphatic hydroxyl groups excluding tert-OH is 1. The fourth-order valence-electron chi connectivity index (χ4n) is 1.47. The molecule has 0 saturated carbocycles. The Morgan fingerprint density at radius 1 is 1.53 bits per heavy atom. The molecule has 0 aromatic heterocycles. The zero-order valence-corrected chi connectivity index (χ0v) is 10.5. The van der Waals surface area contributed by atoms with E-state index in [0.717, 1.165) is 0 Å². The fraction of sp³-hybridized carbons (Fsp3) is 0.455. The van der Waals surface area contributed by atoms with E-state index < -0.39 is 10.5 Å². The van der Waals surface area contributed by atoms with Crippen molar-refractivity contribution in [1.82, 2.24) is 0 Å². The van der Waals surface area contributed by atoms with Crippen LogP contribution in [-0.4, -0.2) is 22.2 Å². The van der Waals surface area contributed by atoms with Crippen LogP contribution in [0.15, 0.2) is 18.2 Å². The van der Waals surface area contributed by atoms with Crippen LogP contribution >= 0.6 is 11.6 Å². The van der Waals surface area contributed by atoms with Gasteiger partial charge in [-0.05, 0) is 32.4 Å². The van der Waals surface area contributed by atoms with E-state index in [1.807, 2.05) is 13.8 Å². The molecule has 0 saturated heterocycles. The first-order valence-corrected chi connectivity index (χ1v) is 5.56. The number of hydrogen-bond donors (Lipinski definition) is 2. The molecule has 0 bridgehead atoms. The second-order valence-electron chi connectivity index (χ2n) is 4.40. The van der Waals surface area contributed by atoms with Crippen LogP contribution in [0.2, 0.25) is 5.02 Å². The summed E-state index contributed by atoms with van der Waals surface area (Å²) in [6, 6.07) is 4.35. The average Bonchev–Trinajstić information content (AvgIpc) is 2.15. The minimum absolute atomic E-state index is 0.00830. The van der Waals surface area contributed by atoms with Crippen LogP contribution < -0.4 is 5.32 Å². The number of rotatable bonds is 5. The highest BCUT2D eigenvalue weighted by Gasteiger charge is 2.22. The Morgan fingerprint density at radius 3 is 2.71 bits per heavy atom. The lowest BCUT2D eigenvalue weighted by Gasteiger charge is -2.26. The number of nitro groups is 1. The Bertz CT molecular complexity index is 421. The third kappa shape index (κ3) is 3.87. The molecule has 1 aromatic rings. The summed E-state index contributed by atoms with van der Waals surface area (Å²) in [4.78, 5) is 10.4. The molecular weight excluding hydrogens is 244 g/mol. The van der Waals surface area contributed by atoms with E-state index in [0.29, 0.717) is 17.1 Å². The number of nitrogens with one attached hydrogen (secondary N) is 1. The maximum absolute atomic E-state index is 10.8. The molecule has 0 heterocycles. The van der Waals surface area contributed by atoms with Crippen molar-refractivity contribution >= 4 is 23.0 Å². The van der Waals surface area contributed by atoms with Crippen LogP contribution in [0.3, 0.4) is 0 Å². The van der Waals surface area contributed by atoms with Gasteiger partial charge < -0.3 is 10.4 Å². The molecule has 6 heteroatoms. The van der Waals surface area contributed by atoms with E-state index in [2.05, 4.69) is 5.32 Å². The van der Waals surface area contributed by atoms with Crippen LogP contribution in [0.25, 0.3) is 0 Å². The summed E-state index contributed by atoms with van der Waals surface area (Å²) in [7, 11) is 0. The number of benzene rings is 1. The summed E-state index contributed by atoms with van der Waals surface area (Å²) in [5.41, 5.74) is -0.106. The zero-order valence-electron chi connectivity index (χ0n) is 9.74. The number of hydrogen-bond acceptors (Lipinski definition) is 4. The largest absolute Gasteiger partial charge is 0.396 e. The molecule has 2 N–H and O–H groups in total. The summed E-state index contributed by atoms with van der Waals surface area (Å²) >= 11 is 5.82. The van der Waals surface area contributed by atoms with E-state index in [1.54, 1.807) is 0 Å². The molecule has 0 radical (unpaired) electrons. The highest BCUT2D eigenvalue weighted by atomic mass is 35.5. The first-order valence-electron chi connectivity index (χ1n) is 5.19. The Kier molecular flexibility index (Phi) is 4.31. The quantitative estimate of drug-likeness (QED) is 0.629. The van der Waals surface area contributed by atoms with Gasteiger partial charge in [0.2, 0.25) is 0 Å². The highest BCUT2D eigenvalue weighted by Crippen LogP contribution is 2.30. The van der Waals surface area contributed by atoms with Gasteiger partial charge in [0.25, 0.3) is 5.69 Å². The lowest BCUT2D eigenvalue weighted by molar-refractivity contribution is -0.384. The number of nitrogens with zero attached hydrogens (tertiary/aromatic N) is 1. The second kappa shape index (κ2) is 5.33. The molecule has 0 unspecified atom stereocenters. The maximum Gasteiger partial charge on any atom is 0.292 e. The molecule has 0 atom stereocenters. The van der Waals surface area contributed by atoms with E-state index in [4.69, 9.17) is 16.7 Å². The predicted octanol–water partition coefficient (Wildman–Crippen LogP) is 2.82. The van der Waals surface area contributed by atoms with Crippen molar-refractivity contribution in [3.05, 3.63) is 33.3 Å². The summed E-state index contributed by atoms with van der Waals surface area (Å²) in [5.74, 6) is 0. The molecule has 0 aliphatic heterocycles. The maximum atomic E-state index is 10.8. The Balaban J connectivity index is 3.04. The van der Waals surface area contributed by atoms with Crippen molar-refractivity contribution in [2.75, 3.05) is 11.9 Å². The van der Waals surface area contributed by atoms with Crippen LogP contribution in [0.1, 0.15) is 20.3 Å². The fourth-order valence-corrected chi connectivity index (χ4v) is 1.65. The van der Waals surface area contributed by atoms with E-state index in [-0.39, 0.29) is 12.3 Å². The van der Waals surface area contributed by atoms with Crippen molar-refractivity contribution in [3.63, 3.8) is 0 Å². The van der Waals surface area contributed by atoms with Gasteiger partial charge in [-0.25, -0.2) is 0 Å². The Morgan fingerprint density at radius 2 is 2.18 bits per heavy atom. The summed E-state index contributed by atoms with van der Waals surface area (Å²) < 4.78 is 0. The van der Waals surface area contributed by atoms with Crippen molar-refractivity contribution in [3.8, 4) is 0 Å². The average molecular weight is 259 g/mol. The van der Waals surface area contributed by atoms with Crippen LogP contribution in [0, 0.1) is 10.1 Å². The van der Waals surface area contributed by atoms with Gasteiger partial charge in [-0.3, -0.25) is 10.1 Å². The minimum atomic E-state index is -0.465. The molecule has 1 rings (SSSR count). The Hall–Kier alpha value is -1.33. The van der Waals surface area contributed by atoms with Gasteiger partial charge in [0.05, 0.1) is 4.92 Å². The monoisotopic (exact) mass is 258 g/mol. The first-order chi connectivity index (χ1) is 7.85. The van der Waals surface area contributed by atoms with Crippen LogP contribution in [0.4, 0.5) is 11.4 Å². The lowest BCUT2D eigenvalue weighted by atomic mass is 10.0. The molecular formula is C11H15ClN2O3. The Labute approximate surface area is 105 Å². The van der Waals surface area contributed by atoms with Crippen molar-refractivity contribution in [2.24, 2.45) is 0 Å². The van der Waals surface area contributed by atoms with E-state index in [1.165, 1.54) is 18.2 Å². The van der Waals surface area contributed by atoms with Gasteiger partial charge in [-0.1, -0.05) is 11.6 Å². The molecule has 0 aliphatic carbocycles. The van der Waals surface area contributed by atoms with E-state index in [9.17, 15) is 10.1 Å². The van der Waals surface area contributed by atoms with Gasteiger partial charge >= 0.3 is 0 Å². The van der Waals surface area contributed by atoms with Gasteiger partial charge in [-0.2, -0.15) is 0 Å². The standard InChI is InChI=1S/C11H15ClN2O3/c1-11(2,5-6-15)13-9-7-8(12)3-4-10(9)14(16)17/h3-4,7,13,15H,5-6H2,1-2H3. The smallest absolute Gasteiger partial charge is 0.292 e. The molecule has 0 fully saturated rings. The third-order valence-electron chi connectivity index (χ3n) is 2.37. The second-order valence-corrected chi connectivity index (χ2v) is 4.84. The normalized spacial score (nSPS) is 11.3. The van der Waals surface area contributed by atoms with Crippen molar-refractivity contribution in [2.45, 2.75) is 25.8 Å². The van der Waals surface area contributed by atoms with Gasteiger partial charge in [-0.15, -0.1) is 0 Å². The highest BCUT2D eigenvalue weighted by molar-refractivity contribution is 6.31.